The first kappa shape index (κ1) is 13.0. The topological polar surface area (TPSA) is 21.3 Å². The van der Waals surface area contributed by atoms with Crippen molar-refractivity contribution in [1.82, 2.24) is 5.32 Å². The van der Waals surface area contributed by atoms with Crippen LogP contribution in [0, 0.1) is 0 Å². The predicted molar refractivity (Wildman–Crippen MR) is 76.3 cm³/mol. The molecule has 3 heteroatoms. The number of hydrogen-bond donors (Lipinski definition) is 1. The highest BCUT2D eigenvalue weighted by Gasteiger charge is 2.03. The van der Waals surface area contributed by atoms with Gasteiger partial charge >= 0.3 is 0 Å². The second kappa shape index (κ2) is 6.47. The molecule has 0 unspecified atom stereocenters. The molecule has 0 fully saturated rings. The van der Waals surface area contributed by atoms with Gasteiger partial charge in [0.1, 0.15) is 5.75 Å². The van der Waals surface area contributed by atoms with Crippen molar-refractivity contribution in [2.45, 2.75) is 16.3 Å². The molecule has 0 amide bonds. The molecular formula is C15H17NOS. The minimum atomic E-state index is 0.902. The molecule has 2 aromatic carbocycles. The summed E-state index contributed by atoms with van der Waals surface area (Å²) in [5, 5.41) is 3.14. The molecule has 2 aromatic rings. The number of rotatable bonds is 5. The van der Waals surface area contributed by atoms with Crippen LogP contribution in [0.2, 0.25) is 0 Å². The van der Waals surface area contributed by atoms with Gasteiger partial charge in [-0.3, -0.25) is 0 Å². The summed E-state index contributed by atoms with van der Waals surface area (Å²) >= 11 is 1.72. The van der Waals surface area contributed by atoms with E-state index in [1.807, 2.05) is 25.2 Å². The van der Waals surface area contributed by atoms with Gasteiger partial charge in [-0.15, -0.1) is 0 Å². The molecule has 0 saturated carbocycles. The average molecular weight is 259 g/mol. The fourth-order valence-corrected chi connectivity index (χ4v) is 2.63. The first-order valence-corrected chi connectivity index (χ1v) is 6.69. The van der Waals surface area contributed by atoms with E-state index in [1.165, 1.54) is 10.5 Å². The van der Waals surface area contributed by atoms with Gasteiger partial charge in [-0.2, -0.15) is 0 Å². The fourth-order valence-electron chi connectivity index (χ4n) is 1.71. The molecule has 18 heavy (non-hydrogen) atoms. The van der Waals surface area contributed by atoms with Crippen molar-refractivity contribution in [3.63, 3.8) is 0 Å². The van der Waals surface area contributed by atoms with E-state index in [2.05, 4.69) is 35.6 Å². The SMILES string of the molecule is CNCc1ccc(Sc2ccccc2OC)cc1. The summed E-state index contributed by atoms with van der Waals surface area (Å²) in [5.74, 6) is 0.918. The smallest absolute Gasteiger partial charge is 0.132 e. The lowest BCUT2D eigenvalue weighted by atomic mass is 10.2. The summed E-state index contributed by atoms with van der Waals surface area (Å²) in [4.78, 5) is 2.36. The Kier molecular flexibility index (Phi) is 4.67. The van der Waals surface area contributed by atoms with Crippen LogP contribution in [0.1, 0.15) is 5.56 Å². The van der Waals surface area contributed by atoms with E-state index in [1.54, 1.807) is 18.9 Å². The summed E-state index contributed by atoms with van der Waals surface area (Å²) in [5.41, 5.74) is 1.29. The Morgan fingerprint density at radius 2 is 1.78 bits per heavy atom. The third-order valence-corrected chi connectivity index (χ3v) is 3.67. The van der Waals surface area contributed by atoms with E-state index in [9.17, 15) is 0 Å². The average Bonchev–Trinajstić information content (AvgIpc) is 2.42. The minimum absolute atomic E-state index is 0.902. The maximum atomic E-state index is 5.35. The zero-order valence-electron chi connectivity index (χ0n) is 10.6. The van der Waals surface area contributed by atoms with Gasteiger partial charge in [0.15, 0.2) is 0 Å². The Balaban J connectivity index is 2.13. The van der Waals surface area contributed by atoms with Gasteiger partial charge in [0.2, 0.25) is 0 Å². The molecule has 0 radical (unpaired) electrons. The molecule has 0 spiro atoms. The number of hydrogen-bond acceptors (Lipinski definition) is 3. The van der Waals surface area contributed by atoms with E-state index in [-0.39, 0.29) is 0 Å². The number of nitrogens with one attached hydrogen (secondary N) is 1. The zero-order valence-corrected chi connectivity index (χ0v) is 11.5. The molecule has 0 aliphatic rings. The molecule has 0 saturated heterocycles. The zero-order chi connectivity index (χ0) is 12.8. The normalized spacial score (nSPS) is 10.3. The van der Waals surface area contributed by atoms with Crippen molar-refractivity contribution in [3.8, 4) is 5.75 Å². The quantitative estimate of drug-likeness (QED) is 0.887. The molecule has 0 heterocycles. The first-order valence-electron chi connectivity index (χ1n) is 5.88. The maximum absolute atomic E-state index is 5.35. The van der Waals surface area contributed by atoms with Crippen LogP contribution in [0.15, 0.2) is 58.3 Å². The number of methoxy groups -OCH3 is 1. The summed E-state index contributed by atoms with van der Waals surface area (Å²) in [6.45, 7) is 0.902. The highest BCUT2D eigenvalue weighted by atomic mass is 32.2. The van der Waals surface area contributed by atoms with E-state index >= 15 is 0 Å². The van der Waals surface area contributed by atoms with Crippen LogP contribution in [0.4, 0.5) is 0 Å². The fraction of sp³-hybridized carbons (Fsp3) is 0.200. The van der Waals surface area contributed by atoms with Crippen molar-refractivity contribution >= 4 is 11.8 Å². The van der Waals surface area contributed by atoms with Crippen LogP contribution in [-0.4, -0.2) is 14.2 Å². The van der Waals surface area contributed by atoms with Crippen LogP contribution >= 0.6 is 11.8 Å². The van der Waals surface area contributed by atoms with Crippen LogP contribution in [0.3, 0.4) is 0 Å². The van der Waals surface area contributed by atoms with Crippen LogP contribution in [0.5, 0.6) is 5.75 Å². The molecule has 0 bridgehead atoms. The molecule has 0 atom stereocenters. The molecule has 0 aliphatic heterocycles. The second-order valence-electron chi connectivity index (χ2n) is 3.93. The Morgan fingerprint density at radius 1 is 1.06 bits per heavy atom. The van der Waals surface area contributed by atoms with E-state index in [0.717, 1.165) is 17.2 Å². The van der Waals surface area contributed by atoms with Crippen molar-refractivity contribution in [2.24, 2.45) is 0 Å². The standard InChI is InChI=1S/C15H17NOS/c1-16-11-12-7-9-13(10-8-12)18-15-6-4-3-5-14(15)17-2/h3-10,16H,11H2,1-2H3. The molecular weight excluding hydrogens is 242 g/mol. The summed E-state index contributed by atoms with van der Waals surface area (Å²) in [7, 11) is 3.66. The van der Waals surface area contributed by atoms with Crippen molar-refractivity contribution in [1.29, 1.82) is 0 Å². The van der Waals surface area contributed by atoms with Crippen molar-refractivity contribution in [3.05, 3.63) is 54.1 Å². The van der Waals surface area contributed by atoms with E-state index in [4.69, 9.17) is 4.74 Å². The van der Waals surface area contributed by atoms with Crippen LogP contribution < -0.4 is 10.1 Å². The lowest BCUT2D eigenvalue weighted by molar-refractivity contribution is 0.405. The molecule has 2 rings (SSSR count). The van der Waals surface area contributed by atoms with Gasteiger partial charge in [0.05, 0.1) is 12.0 Å². The molecule has 94 valence electrons. The lowest BCUT2D eigenvalue weighted by Gasteiger charge is -2.08. The third kappa shape index (κ3) is 3.28. The number of para-hydroxylation sites is 1. The van der Waals surface area contributed by atoms with Gasteiger partial charge in [-0.1, -0.05) is 36.0 Å². The maximum Gasteiger partial charge on any atom is 0.132 e. The minimum Gasteiger partial charge on any atom is -0.496 e. The Hall–Kier alpha value is -1.45. The first-order chi connectivity index (χ1) is 8.83. The van der Waals surface area contributed by atoms with Gasteiger partial charge in [0.25, 0.3) is 0 Å². The Bertz CT molecular complexity index is 496. The molecule has 0 aliphatic carbocycles. The third-order valence-electron chi connectivity index (χ3n) is 2.60. The summed E-state index contributed by atoms with van der Waals surface area (Å²) < 4.78 is 5.35. The number of benzene rings is 2. The van der Waals surface area contributed by atoms with E-state index in [0.29, 0.717) is 0 Å². The molecule has 2 nitrogen and oxygen atoms in total. The summed E-state index contributed by atoms with van der Waals surface area (Å²) in [6.07, 6.45) is 0. The van der Waals surface area contributed by atoms with Gasteiger partial charge in [-0.05, 0) is 36.9 Å². The largest absolute Gasteiger partial charge is 0.496 e. The lowest BCUT2D eigenvalue weighted by Crippen LogP contribution is -2.04. The summed E-state index contributed by atoms with van der Waals surface area (Å²) in [6, 6.07) is 16.7. The Morgan fingerprint density at radius 3 is 2.44 bits per heavy atom. The number of ether oxygens (including phenoxy) is 1. The second-order valence-corrected chi connectivity index (χ2v) is 5.04. The highest BCUT2D eigenvalue weighted by molar-refractivity contribution is 7.99. The monoisotopic (exact) mass is 259 g/mol. The molecule has 1 N–H and O–H groups in total. The van der Waals surface area contributed by atoms with Crippen LogP contribution in [-0.2, 0) is 6.54 Å². The van der Waals surface area contributed by atoms with Crippen LogP contribution in [0.25, 0.3) is 0 Å². The molecule has 0 aromatic heterocycles. The predicted octanol–water partition coefficient (Wildman–Crippen LogP) is 3.57. The van der Waals surface area contributed by atoms with Crippen molar-refractivity contribution in [2.75, 3.05) is 14.2 Å². The Labute approximate surface area is 112 Å². The van der Waals surface area contributed by atoms with Gasteiger partial charge in [-0.25, -0.2) is 0 Å². The van der Waals surface area contributed by atoms with E-state index < -0.39 is 0 Å². The highest BCUT2D eigenvalue weighted by Crippen LogP contribution is 2.34. The van der Waals surface area contributed by atoms with Crippen molar-refractivity contribution < 1.29 is 4.74 Å². The van der Waals surface area contributed by atoms with Gasteiger partial charge < -0.3 is 10.1 Å². The van der Waals surface area contributed by atoms with Gasteiger partial charge in [0, 0.05) is 11.4 Å².